The Morgan fingerprint density at radius 3 is 2.48 bits per heavy atom. The second kappa shape index (κ2) is 5.56. The van der Waals surface area contributed by atoms with Crippen molar-refractivity contribution in [3.63, 3.8) is 0 Å². The summed E-state index contributed by atoms with van der Waals surface area (Å²) in [4.78, 5) is 12.4. The van der Waals surface area contributed by atoms with Gasteiger partial charge in [-0.05, 0) is 29.7 Å². The molecule has 3 nitrogen and oxygen atoms in total. The van der Waals surface area contributed by atoms with Gasteiger partial charge in [-0.25, -0.2) is 0 Å². The van der Waals surface area contributed by atoms with E-state index in [-0.39, 0.29) is 0 Å². The molecule has 3 aromatic carbocycles. The van der Waals surface area contributed by atoms with Crippen molar-refractivity contribution in [3.05, 3.63) is 77.3 Å². The number of halogens is 1. The van der Waals surface area contributed by atoms with Crippen molar-refractivity contribution in [2.45, 2.75) is 0 Å². The van der Waals surface area contributed by atoms with Crippen LogP contribution in [-0.4, -0.2) is 11.1 Å². The van der Waals surface area contributed by atoms with E-state index in [4.69, 9.17) is 11.6 Å². The van der Waals surface area contributed by atoms with Crippen molar-refractivity contribution in [3.8, 4) is 0 Å². The molecule has 3 rings (SSSR count). The third-order valence-corrected chi connectivity index (χ3v) is 3.49. The Hall–Kier alpha value is -2.36. The molecule has 0 bridgehead atoms. The van der Waals surface area contributed by atoms with Gasteiger partial charge in [-0.15, -0.1) is 0 Å². The Bertz CT molecular complexity index is 811. The number of anilines is 1. The van der Waals surface area contributed by atoms with E-state index in [0.29, 0.717) is 21.3 Å². The maximum absolute atomic E-state index is 12.4. The molecule has 0 radical (unpaired) electrons. The van der Waals surface area contributed by atoms with Crippen molar-refractivity contribution >= 4 is 34.0 Å². The van der Waals surface area contributed by atoms with E-state index in [9.17, 15) is 10.0 Å². The van der Waals surface area contributed by atoms with E-state index in [1.165, 1.54) is 6.07 Å². The number of rotatable bonds is 2. The maximum Gasteiger partial charge on any atom is 0.282 e. The lowest BCUT2D eigenvalue weighted by atomic mass is 10.1. The number of carbonyl (C=O) groups is 1. The smallest absolute Gasteiger partial charge is 0.281 e. The number of hydrogen-bond donors (Lipinski definition) is 1. The normalized spacial score (nSPS) is 10.6. The average molecular weight is 298 g/mol. The number of nitrogens with zero attached hydrogens (tertiary/aromatic N) is 1. The molecule has 0 aliphatic heterocycles. The summed E-state index contributed by atoms with van der Waals surface area (Å²) in [5, 5.41) is 13.1. The van der Waals surface area contributed by atoms with Crippen LogP contribution in [0.2, 0.25) is 5.02 Å². The van der Waals surface area contributed by atoms with Gasteiger partial charge in [-0.3, -0.25) is 10.0 Å². The van der Waals surface area contributed by atoms with Crippen molar-refractivity contribution in [2.75, 3.05) is 5.06 Å². The van der Waals surface area contributed by atoms with E-state index in [1.807, 2.05) is 30.3 Å². The zero-order valence-corrected chi connectivity index (χ0v) is 11.8. The molecule has 0 unspecified atom stereocenters. The Morgan fingerprint density at radius 2 is 1.67 bits per heavy atom. The zero-order chi connectivity index (χ0) is 14.8. The molecular weight excluding hydrogens is 286 g/mol. The van der Waals surface area contributed by atoms with Crippen molar-refractivity contribution in [1.29, 1.82) is 0 Å². The van der Waals surface area contributed by atoms with Gasteiger partial charge in [0.25, 0.3) is 5.91 Å². The number of fused-ring (bicyclic) bond motifs is 1. The van der Waals surface area contributed by atoms with E-state index in [0.717, 1.165) is 10.8 Å². The fraction of sp³-hybridized carbons (Fsp3) is 0. The minimum Gasteiger partial charge on any atom is -0.281 e. The monoisotopic (exact) mass is 297 g/mol. The molecule has 3 aromatic rings. The average Bonchev–Trinajstić information content (AvgIpc) is 2.53. The van der Waals surface area contributed by atoms with Crippen LogP contribution in [0.15, 0.2) is 66.7 Å². The molecule has 0 aromatic heterocycles. The highest BCUT2D eigenvalue weighted by Gasteiger charge is 2.17. The highest BCUT2D eigenvalue weighted by atomic mass is 35.5. The summed E-state index contributed by atoms with van der Waals surface area (Å²) in [6.07, 6.45) is 0. The largest absolute Gasteiger partial charge is 0.282 e. The van der Waals surface area contributed by atoms with Gasteiger partial charge >= 0.3 is 0 Å². The molecular formula is C17H12ClNO2. The zero-order valence-electron chi connectivity index (χ0n) is 11.0. The highest BCUT2D eigenvalue weighted by Crippen LogP contribution is 2.27. The van der Waals surface area contributed by atoms with E-state index < -0.39 is 5.91 Å². The van der Waals surface area contributed by atoms with Gasteiger partial charge < -0.3 is 0 Å². The molecule has 0 heterocycles. The Balaban J connectivity index is 2.04. The molecule has 21 heavy (non-hydrogen) atoms. The summed E-state index contributed by atoms with van der Waals surface area (Å²) < 4.78 is 0. The number of hydrogen-bond acceptors (Lipinski definition) is 2. The fourth-order valence-corrected chi connectivity index (χ4v) is 2.44. The SMILES string of the molecule is O=C(c1cccc(Cl)c1)N(O)c1cccc2ccccc12. The molecule has 0 aliphatic carbocycles. The minimum atomic E-state index is -0.520. The lowest BCUT2D eigenvalue weighted by Gasteiger charge is -2.17. The van der Waals surface area contributed by atoms with Crippen LogP contribution in [0.1, 0.15) is 10.4 Å². The summed E-state index contributed by atoms with van der Waals surface area (Å²) in [6, 6.07) is 19.5. The van der Waals surface area contributed by atoms with Crippen molar-refractivity contribution in [2.24, 2.45) is 0 Å². The van der Waals surface area contributed by atoms with Crippen molar-refractivity contribution in [1.82, 2.24) is 0 Å². The molecule has 0 aliphatic rings. The first kappa shape index (κ1) is 13.6. The van der Waals surface area contributed by atoms with Crippen molar-refractivity contribution < 1.29 is 10.0 Å². The van der Waals surface area contributed by atoms with Crippen LogP contribution in [-0.2, 0) is 0 Å². The van der Waals surface area contributed by atoms with Gasteiger partial charge in [0.1, 0.15) is 0 Å². The summed E-state index contributed by atoms with van der Waals surface area (Å²) in [7, 11) is 0. The van der Waals surface area contributed by atoms with Crippen LogP contribution in [0.3, 0.4) is 0 Å². The van der Waals surface area contributed by atoms with E-state index in [1.54, 1.807) is 30.3 Å². The number of benzene rings is 3. The molecule has 1 amide bonds. The van der Waals surface area contributed by atoms with Crippen LogP contribution in [0.4, 0.5) is 5.69 Å². The summed E-state index contributed by atoms with van der Waals surface area (Å²) in [5.74, 6) is -0.520. The lowest BCUT2D eigenvalue weighted by Crippen LogP contribution is -2.27. The molecule has 0 saturated heterocycles. The maximum atomic E-state index is 12.4. The molecule has 1 N–H and O–H groups in total. The Morgan fingerprint density at radius 1 is 0.952 bits per heavy atom. The predicted octanol–water partition coefficient (Wildman–Crippen LogP) is 4.53. The predicted molar refractivity (Wildman–Crippen MR) is 84.0 cm³/mol. The van der Waals surface area contributed by atoms with Crippen LogP contribution in [0, 0.1) is 0 Å². The van der Waals surface area contributed by atoms with Gasteiger partial charge in [0.2, 0.25) is 0 Å². The van der Waals surface area contributed by atoms with E-state index in [2.05, 4.69) is 0 Å². The topological polar surface area (TPSA) is 40.5 Å². The standard InChI is InChI=1S/C17H12ClNO2/c18-14-8-3-7-13(11-14)17(20)19(21)16-10-4-6-12-5-1-2-9-15(12)16/h1-11,21H. The van der Waals surface area contributed by atoms with Crippen LogP contribution in [0.5, 0.6) is 0 Å². The number of carbonyl (C=O) groups excluding carboxylic acids is 1. The molecule has 104 valence electrons. The van der Waals surface area contributed by atoms with Crippen LogP contribution >= 0.6 is 11.6 Å². The summed E-state index contributed by atoms with van der Waals surface area (Å²) >= 11 is 5.88. The molecule has 0 fully saturated rings. The molecule has 0 atom stereocenters. The third kappa shape index (κ3) is 2.61. The number of amides is 1. The van der Waals surface area contributed by atoms with Crippen LogP contribution in [0.25, 0.3) is 10.8 Å². The molecule has 4 heteroatoms. The Kier molecular flexibility index (Phi) is 3.60. The summed E-state index contributed by atoms with van der Waals surface area (Å²) in [6.45, 7) is 0. The first-order valence-electron chi connectivity index (χ1n) is 6.43. The highest BCUT2D eigenvalue weighted by molar-refractivity contribution is 6.31. The first-order valence-corrected chi connectivity index (χ1v) is 6.81. The van der Waals surface area contributed by atoms with Gasteiger partial charge in [0.05, 0.1) is 5.69 Å². The second-order valence-electron chi connectivity index (χ2n) is 4.63. The van der Waals surface area contributed by atoms with Gasteiger partial charge in [-0.2, -0.15) is 5.06 Å². The molecule has 0 spiro atoms. The minimum absolute atomic E-state index is 0.331. The second-order valence-corrected chi connectivity index (χ2v) is 5.06. The van der Waals surface area contributed by atoms with E-state index >= 15 is 0 Å². The quantitative estimate of drug-likeness (QED) is 0.557. The van der Waals surface area contributed by atoms with Gasteiger partial charge in [0, 0.05) is 16.0 Å². The fourth-order valence-electron chi connectivity index (χ4n) is 2.25. The Labute approximate surface area is 127 Å². The third-order valence-electron chi connectivity index (χ3n) is 3.26. The summed E-state index contributed by atoms with van der Waals surface area (Å²) in [5.41, 5.74) is 0.774. The molecule has 0 saturated carbocycles. The van der Waals surface area contributed by atoms with Crippen LogP contribution < -0.4 is 5.06 Å². The first-order chi connectivity index (χ1) is 10.2. The lowest BCUT2D eigenvalue weighted by molar-refractivity contribution is 0.0855. The van der Waals surface area contributed by atoms with Gasteiger partial charge in [0.15, 0.2) is 0 Å². The number of hydroxylamine groups is 1. The van der Waals surface area contributed by atoms with Gasteiger partial charge in [-0.1, -0.05) is 54.1 Å².